The molecule has 1 aromatic heterocycles. The van der Waals surface area contributed by atoms with Crippen molar-refractivity contribution >= 4 is 28.4 Å². The molecule has 0 atom stereocenters. The van der Waals surface area contributed by atoms with E-state index in [1.165, 1.54) is 11.3 Å². The Labute approximate surface area is 144 Å². The lowest BCUT2D eigenvalue weighted by Gasteiger charge is -2.22. The Morgan fingerprint density at radius 3 is 2.67 bits per heavy atom. The number of hydrogen-bond acceptors (Lipinski definition) is 4. The van der Waals surface area contributed by atoms with E-state index in [4.69, 9.17) is 0 Å². The van der Waals surface area contributed by atoms with Crippen LogP contribution in [0.15, 0.2) is 35.7 Å². The monoisotopic (exact) mass is 344 g/mol. The van der Waals surface area contributed by atoms with Crippen molar-refractivity contribution in [1.29, 1.82) is 0 Å². The molecular formula is C17H20N4O2S. The zero-order chi connectivity index (χ0) is 16.9. The second-order valence-electron chi connectivity index (χ2n) is 5.85. The molecule has 6 nitrogen and oxygen atoms in total. The minimum Gasteiger partial charge on any atom is -0.334 e. The van der Waals surface area contributed by atoms with Crippen molar-refractivity contribution in [2.45, 2.75) is 32.4 Å². The molecule has 1 aliphatic carbocycles. The van der Waals surface area contributed by atoms with Crippen LogP contribution in [0.1, 0.15) is 24.1 Å². The van der Waals surface area contributed by atoms with E-state index in [9.17, 15) is 9.59 Å². The summed E-state index contributed by atoms with van der Waals surface area (Å²) in [4.78, 5) is 30.4. The van der Waals surface area contributed by atoms with Crippen molar-refractivity contribution in [3.05, 3.63) is 47.0 Å². The van der Waals surface area contributed by atoms with Crippen LogP contribution in [0.2, 0.25) is 0 Å². The minimum atomic E-state index is -0.217. The van der Waals surface area contributed by atoms with E-state index < -0.39 is 0 Å². The van der Waals surface area contributed by atoms with Gasteiger partial charge in [0.1, 0.15) is 6.54 Å². The fraction of sp³-hybridized carbons (Fsp3) is 0.353. The maximum Gasteiger partial charge on any atom is 0.318 e. The van der Waals surface area contributed by atoms with Gasteiger partial charge in [-0.1, -0.05) is 30.3 Å². The summed E-state index contributed by atoms with van der Waals surface area (Å²) in [5.74, 6) is -0.217. The van der Waals surface area contributed by atoms with Crippen LogP contribution in [0.3, 0.4) is 0 Å². The smallest absolute Gasteiger partial charge is 0.318 e. The molecule has 1 aliphatic rings. The summed E-state index contributed by atoms with van der Waals surface area (Å²) in [5, 5.41) is 8.08. The topological polar surface area (TPSA) is 74.3 Å². The molecule has 0 saturated heterocycles. The first kappa shape index (κ1) is 16.4. The normalized spacial score (nSPS) is 13.4. The number of nitrogens with one attached hydrogen (secondary N) is 2. The van der Waals surface area contributed by atoms with Gasteiger partial charge in [0.2, 0.25) is 5.91 Å². The molecule has 1 saturated carbocycles. The van der Waals surface area contributed by atoms with Gasteiger partial charge < -0.3 is 15.5 Å². The SMILES string of the molecule is Cc1csc(NC(=O)CN(C(=O)NCc2ccccc2)C2CC2)n1. The predicted octanol–water partition coefficient (Wildman–Crippen LogP) is 2.76. The third kappa shape index (κ3) is 4.55. The fourth-order valence-corrected chi connectivity index (χ4v) is 3.06. The Morgan fingerprint density at radius 1 is 1.29 bits per heavy atom. The molecule has 0 aliphatic heterocycles. The van der Waals surface area contributed by atoms with Crippen molar-refractivity contribution < 1.29 is 9.59 Å². The molecule has 3 rings (SSSR count). The summed E-state index contributed by atoms with van der Waals surface area (Å²) in [6, 6.07) is 9.68. The van der Waals surface area contributed by atoms with E-state index in [0.717, 1.165) is 24.1 Å². The number of urea groups is 1. The van der Waals surface area contributed by atoms with Crippen LogP contribution in [0.5, 0.6) is 0 Å². The number of benzene rings is 1. The highest BCUT2D eigenvalue weighted by Gasteiger charge is 2.33. The van der Waals surface area contributed by atoms with Gasteiger partial charge in [-0.05, 0) is 25.3 Å². The molecule has 1 fully saturated rings. The van der Waals surface area contributed by atoms with E-state index in [1.54, 1.807) is 4.90 Å². The quantitative estimate of drug-likeness (QED) is 0.846. The molecule has 7 heteroatoms. The van der Waals surface area contributed by atoms with Gasteiger partial charge in [0.25, 0.3) is 0 Å². The second-order valence-corrected chi connectivity index (χ2v) is 6.70. The highest BCUT2D eigenvalue weighted by atomic mass is 32.1. The molecule has 0 spiro atoms. The largest absolute Gasteiger partial charge is 0.334 e. The van der Waals surface area contributed by atoms with E-state index in [-0.39, 0.29) is 24.5 Å². The molecule has 1 heterocycles. The Bertz CT molecular complexity index is 712. The van der Waals surface area contributed by atoms with Crippen molar-refractivity contribution in [3.63, 3.8) is 0 Å². The third-order valence-electron chi connectivity index (χ3n) is 3.71. The standard InChI is InChI=1S/C17H20N4O2S/c1-12-11-24-16(19-12)20-15(22)10-21(14-7-8-14)17(23)18-9-13-5-3-2-4-6-13/h2-6,11,14H,7-10H2,1H3,(H,18,23)(H,19,20,22). The number of aromatic nitrogens is 1. The average Bonchev–Trinajstić information content (AvgIpc) is 3.34. The van der Waals surface area contributed by atoms with E-state index >= 15 is 0 Å². The molecule has 3 amide bonds. The highest BCUT2D eigenvalue weighted by Crippen LogP contribution is 2.27. The van der Waals surface area contributed by atoms with Crippen LogP contribution >= 0.6 is 11.3 Å². The number of carbonyl (C=O) groups excluding carboxylic acids is 2. The Kier molecular flexibility index (Phi) is 5.10. The molecule has 126 valence electrons. The first-order valence-electron chi connectivity index (χ1n) is 7.92. The van der Waals surface area contributed by atoms with Crippen molar-refractivity contribution in [1.82, 2.24) is 15.2 Å². The lowest BCUT2D eigenvalue weighted by atomic mass is 10.2. The lowest BCUT2D eigenvalue weighted by molar-refractivity contribution is -0.116. The number of nitrogens with zero attached hydrogens (tertiary/aromatic N) is 2. The highest BCUT2D eigenvalue weighted by molar-refractivity contribution is 7.13. The zero-order valence-corrected chi connectivity index (χ0v) is 14.3. The van der Waals surface area contributed by atoms with E-state index in [1.807, 2.05) is 42.6 Å². The molecule has 0 radical (unpaired) electrons. The lowest BCUT2D eigenvalue weighted by Crippen LogP contribution is -2.45. The molecule has 24 heavy (non-hydrogen) atoms. The average molecular weight is 344 g/mol. The number of anilines is 1. The number of amides is 3. The summed E-state index contributed by atoms with van der Waals surface area (Å²) >= 11 is 1.38. The van der Waals surface area contributed by atoms with Crippen LogP contribution < -0.4 is 10.6 Å². The van der Waals surface area contributed by atoms with Gasteiger partial charge in [-0.3, -0.25) is 4.79 Å². The molecule has 1 aromatic carbocycles. The van der Waals surface area contributed by atoms with E-state index in [0.29, 0.717) is 11.7 Å². The number of aryl methyl sites for hydroxylation is 1. The minimum absolute atomic E-state index is 0.0456. The molecular weight excluding hydrogens is 324 g/mol. The van der Waals surface area contributed by atoms with Gasteiger partial charge in [-0.25, -0.2) is 9.78 Å². The summed E-state index contributed by atoms with van der Waals surface area (Å²) in [7, 11) is 0. The fourth-order valence-electron chi connectivity index (χ4n) is 2.35. The van der Waals surface area contributed by atoms with Crippen LogP contribution in [0.25, 0.3) is 0 Å². The maximum atomic E-state index is 12.4. The predicted molar refractivity (Wildman–Crippen MR) is 93.9 cm³/mol. The first-order chi connectivity index (χ1) is 11.6. The van der Waals surface area contributed by atoms with Gasteiger partial charge in [0, 0.05) is 18.0 Å². The van der Waals surface area contributed by atoms with Gasteiger partial charge in [0.15, 0.2) is 5.13 Å². The number of carbonyl (C=O) groups is 2. The van der Waals surface area contributed by atoms with Crippen LogP contribution in [0, 0.1) is 6.92 Å². The summed E-state index contributed by atoms with van der Waals surface area (Å²) in [5.41, 5.74) is 1.90. The van der Waals surface area contributed by atoms with Crippen molar-refractivity contribution in [3.8, 4) is 0 Å². The number of hydrogen-bond donors (Lipinski definition) is 2. The van der Waals surface area contributed by atoms with Gasteiger partial charge in [-0.2, -0.15) is 0 Å². The Morgan fingerprint density at radius 2 is 2.04 bits per heavy atom. The van der Waals surface area contributed by atoms with Gasteiger partial charge >= 0.3 is 6.03 Å². The summed E-state index contributed by atoms with van der Waals surface area (Å²) < 4.78 is 0. The molecule has 0 unspecified atom stereocenters. The molecule has 2 aromatic rings. The van der Waals surface area contributed by atoms with Crippen molar-refractivity contribution in [2.24, 2.45) is 0 Å². The Hall–Kier alpha value is -2.41. The third-order valence-corrected chi connectivity index (χ3v) is 4.59. The van der Waals surface area contributed by atoms with Gasteiger partial charge in [-0.15, -0.1) is 11.3 Å². The van der Waals surface area contributed by atoms with E-state index in [2.05, 4.69) is 15.6 Å². The van der Waals surface area contributed by atoms with Crippen LogP contribution in [-0.4, -0.2) is 34.4 Å². The van der Waals surface area contributed by atoms with Gasteiger partial charge in [0.05, 0.1) is 5.69 Å². The number of thiazole rings is 1. The first-order valence-corrected chi connectivity index (χ1v) is 8.80. The molecule has 2 N–H and O–H groups in total. The zero-order valence-electron chi connectivity index (χ0n) is 13.5. The maximum absolute atomic E-state index is 12.4. The van der Waals surface area contributed by atoms with Crippen molar-refractivity contribution in [2.75, 3.05) is 11.9 Å². The van der Waals surface area contributed by atoms with Crippen LogP contribution in [-0.2, 0) is 11.3 Å². The Balaban J connectivity index is 1.54. The molecule has 0 bridgehead atoms. The second kappa shape index (κ2) is 7.44. The van der Waals surface area contributed by atoms with Crippen LogP contribution in [0.4, 0.5) is 9.93 Å². The number of rotatable bonds is 6. The summed E-state index contributed by atoms with van der Waals surface area (Å²) in [6.07, 6.45) is 1.89. The summed E-state index contributed by atoms with van der Waals surface area (Å²) in [6.45, 7) is 2.37.